The van der Waals surface area contributed by atoms with Crippen LogP contribution >= 0.6 is 0 Å². The van der Waals surface area contributed by atoms with Crippen LogP contribution in [0.15, 0.2) is 11.8 Å². The molecular weight excluding hydrogens is 190 g/mol. The number of rotatable bonds is 4. The van der Waals surface area contributed by atoms with E-state index in [1.54, 1.807) is 0 Å². The van der Waals surface area contributed by atoms with E-state index in [0.29, 0.717) is 12.1 Å². The van der Waals surface area contributed by atoms with Crippen molar-refractivity contribution in [3.05, 3.63) is 11.8 Å². The normalized spacial score (nSPS) is 28.3. The summed E-state index contributed by atoms with van der Waals surface area (Å²) in [6, 6.07) is 0.341. The summed E-state index contributed by atoms with van der Waals surface area (Å²) in [5.74, 6) is 1.12. The Morgan fingerprint density at radius 3 is 3.00 bits per heavy atom. The molecule has 15 heavy (non-hydrogen) atoms. The van der Waals surface area contributed by atoms with Gasteiger partial charge in [-0.2, -0.15) is 0 Å². The van der Waals surface area contributed by atoms with E-state index in [2.05, 4.69) is 11.4 Å². The standard InChI is InChI=1S/C12H21NO2/c1-13-11(9-10-5-4-8-14-10)12-6-2-3-7-15-12/h6,10-11,13H,2-5,7-9H2,1H3. The Morgan fingerprint density at radius 1 is 1.47 bits per heavy atom. The van der Waals surface area contributed by atoms with Gasteiger partial charge >= 0.3 is 0 Å². The molecule has 0 saturated carbocycles. The molecule has 3 nitrogen and oxygen atoms in total. The van der Waals surface area contributed by atoms with Gasteiger partial charge in [0, 0.05) is 6.61 Å². The molecule has 2 aliphatic rings. The van der Waals surface area contributed by atoms with Crippen molar-refractivity contribution in [2.24, 2.45) is 0 Å². The summed E-state index contributed by atoms with van der Waals surface area (Å²) in [4.78, 5) is 0. The minimum absolute atomic E-state index is 0.341. The summed E-state index contributed by atoms with van der Waals surface area (Å²) in [6.07, 6.45) is 8.40. The van der Waals surface area contributed by atoms with Crippen molar-refractivity contribution >= 4 is 0 Å². The summed E-state index contributed by atoms with van der Waals surface area (Å²) in [5, 5.41) is 3.33. The highest BCUT2D eigenvalue weighted by atomic mass is 16.5. The monoisotopic (exact) mass is 211 g/mol. The van der Waals surface area contributed by atoms with Crippen LogP contribution in [0.3, 0.4) is 0 Å². The Morgan fingerprint density at radius 2 is 2.40 bits per heavy atom. The first-order chi connectivity index (χ1) is 7.40. The predicted octanol–water partition coefficient (Wildman–Crippen LogP) is 1.84. The molecule has 2 heterocycles. The van der Waals surface area contributed by atoms with E-state index >= 15 is 0 Å². The van der Waals surface area contributed by atoms with E-state index < -0.39 is 0 Å². The number of hydrogen-bond acceptors (Lipinski definition) is 3. The van der Waals surface area contributed by atoms with Gasteiger partial charge in [0.05, 0.1) is 18.8 Å². The lowest BCUT2D eigenvalue weighted by atomic mass is 10.0. The Balaban J connectivity index is 1.87. The van der Waals surface area contributed by atoms with Gasteiger partial charge in [-0.3, -0.25) is 0 Å². The van der Waals surface area contributed by atoms with Gasteiger partial charge in [-0.15, -0.1) is 0 Å². The quantitative estimate of drug-likeness (QED) is 0.769. The zero-order chi connectivity index (χ0) is 10.5. The van der Waals surface area contributed by atoms with Gasteiger partial charge in [-0.05, 0) is 45.2 Å². The highest BCUT2D eigenvalue weighted by Crippen LogP contribution is 2.22. The van der Waals surface area contributed by atoms with Crippen LogP contribution in [0.2, 0.25) is 0 Å². The molecule has 86 valence electrons. The van der Waals surface area contributed by atoms with E-state index in [9.17, 15) is 0 Å². The lowest BCUT2D eigenvalue weighted by molar-refractivity contribution is 0.0859. The van der Waals surface area contributed by atoms with Crippen LogP contribution in [-0.4, -0.2) is 32.4 Å². The van der Waals surface area contributed by atoms with Crippen molar-refractivity contribution in [2.75, 3.05) is 20.3 Å². The lowest BCUT2D eigenvalue weighted by Crippen LogP contribution is -2.33. The molecule has 2 atom stereocenters. The molecule has 0 amide bonds. The smallest absolute Gasteiger partial charge is 0.109 e. The fourth-order valence-electron chi connectivity index (χ4n) is 2.29. The second kappa shape index (κ2) is 5.52. The van der Waals surface area contributed by atoms with Crippen molar-refractivity contribution in [3.8, 4) is 0 Å². The number of nitrogens with one attached hydrogen (secondary N) is 1. The molecule has 0 radical (unpaired) electrons. The summed E-state index contributed by atoms with van der Waals surface area (Å²) in [7, 11) is 2.00. The van der Waals surface area contributed by atoms with Crippen LogP contribution in [-0.2, 0) is 9.47 Å². The number of hydrogen-bond donors (Lipinski definition) is 1. The molecule has 2 rings (SSSR count). The van der Waals surface area contributed by atoms with Crippen molar-refractivity contribution in [1.29, 1.82) is 0 Å². The van der Waals surface area contributed by atoms with Gasteiger partial charge in [0.1, 0.15) is 5.76 Å². The lowest BCUT2D eigenvalue weighted by Gasteiger charge is -2.25. The molecule has 1 N–H and O–H groups in total. The molecule has 0 aromatic carbocycles. The van der Waals surface area contributed by atoms with Crippen LogP contribution in [0.4, 0.5) is 0 Å². The van der Waals surface area contributed by atoms with Crippen molar-refractivity contribution < 1.29 is 9.47 Å². The van der Waals surface area contributed by atoms with E-state index in [1.165, 1.54) is 12.8 Å². The van der Waals surface area contributed by atoms with E-state index in [4.69, 9.17) is 9.47 Å². The Kier molecular flexibility index (Phi) is 4.03. The minimum atomic E-state index is 0.341. The number of allylic oxidation sites excluding steroid dienone is 1. The van der Waals surface area contributed by atoms with Gasteiger partial charge in [0.25, 0.3) is 0 Å². The predicted molar refractivity (Wildman–Crippen MR) is 59.7 cm³/mol. The molecule has 0 spiro atoms. The van der Waals surface area contributed by atoms with Gasteiger partial charge < -0.3 is 14.8 Å². The van der Waals surface area contributed by atoms with Crippen LogP contribution in [0.25, 0.3) is 0 Å². The first-order valence-electron chi connectivity index (χ1n) is 6.02. The molecule has 0 aliphatic carbocycles. The third-order valence-corrected chi connectivity index (χ3v) is 3.18. The second-order valence-corrected chi connectivity index (χ2v) is 4.31. The van der Waals surface area contributed by atoms with Crippen LogP contribution in [0, 0.1) is 0 Å². The average Bonchev–Trinajstić information content (AvgIpc) is 2.80. The summed E-state index contributed by atoms with van der Waals surface area (Å²) < 4.78 is 11.3. The molecule has 1 fully saturated rings. The number of likely N-dealkylation sites (N-methyl/N-ethyl adjacent to an activating group) is 1. The fraction of sp³-hybridized carbons (Fsp3) is 0.833. The van der Waals surface area contributed by atoms with Gasteiger partial charge in [-0.1, -0.05) is 0 Å². The van der Waals surface area contributed by atoms with Crippen molar-refractivity contribution in [1.82, 2.24) is 5.32 Å². The van der Waals surface area contributed by atoms with Crippen molar-refractivity contribution in [2.45, 2.75) is 44.2 Å². The minimum Gasteiger partial charge on any atom is -0.497 e. The van der Waals surface area contributed by atoms with Gasteiger partial charge in [0.2, 0.25) is 0 Å². The van der Waals surface area contributed by atoms with Crippen LogP contribution < -0.4 is 5.32 Å². The fourth-order valence-corrected chi connectivity index (χ4v) is 2.29. The molecule has 0 aromatic heterocycles. The molecule has 0 bridgehead atoms. The van der Waals surface area contributed by atoms with Crippen LogP contribution in [0.5, 0.6) is 0 Å². The van der Waals surface area contributed by atoms with E-state index in [-0.39, 0.29) is 0 Å². The summed E-state index contributed by atoms with van der Waals surface area (Å²) in [5.41, 5.74) is 0. The van der Waals surface area contributed by atoms with Gasteiger partial charge in [-0.25, -0.2) is 0 Å². The number of ether oxygens (including phenoxy) is 2. The maximum Gasteiger partial charge on any atom is 0.109 e. The summed E-state index contributed by atoms with van der Waals surface area (Å²) >= 11 is 0. The largest absolute Gasteiger partial charge is 0.497 e. The molecular formula is C12H21NO2. The molecule has 3 heteroatoms. The Labute approximate surface area is 91.8 Å². The highest BCUT2D eigenvalue weighted by Gasteiger charge is 2.23. The van der Waals surface area contributed by atoms with E-state index in [0.717, 1.165) is 38.2 Å². The summed E-state index contributed by atoms with van der Waals surface area (Å²) in [6.45, 7) is 1.80. The first kappa shape index (κ1) is 11.0. The maximum absolute atomic E-state index is 5.68. The Bertz CT molecular complexity index is 222. The van der Waals surface area contributed by atoms with Crippen molar-refractivity contribution in [3.63, 3.8) is 0 Å². The Hall–Kier alpha value is -0.540. The van der Waals surface area contributed by atoms with Crippen LogP contribution in [0.1, 0.15) is 32.1 Å². The van der Waals surface area contributed by atoms with Gasteiger partial charge in [0.15, 0.2) is 0 Å². The zero-order valence-corrected chi connectivity index (χ0v) is 9.50. The second-order valence-electron chi connectivity index (χ2n) is 4.31. The molecule has 2 aliphatic heterocycles. The average molecular weight is 211 g/mol. The topological polar surface area (TPSA) is 30.5 Å². The first-order valence-corrected chi connectivity index (χ1v) is 6.02. The third kappa shape index (κ3) is 2.95. The SMILES string of the molecule is CNC(CC1CCCO1)C1=CCCCO1. The van der Waals surface area contributed by atoms with E-state index in [1.807, 2.05) is 7.05 Å². The third-order valence-electron chi connectivity index (χ3n) is 3.18. The maximum atomic E-state index is 5.68. The molecule has 1 saturated heterocycles. The molecule has 2 unspecified atom stereocenters. The zero-order valence-electron chi connectivity index (χ0n) is 9.50. The molecule has 0 aromatic rings. The highest BCUT2D eigenvalue weighted by molar-refractivity contribution is 5.06.